The smallest absolute Gasteiger partial charge is 0.325 e. The van der Waals surface area contributed by atoms with E-state index in [1.54, 1.807) is 12.1 Å². The lowest BCUT2D eigenvalue weighted by Crippen LogP contribution is -2.18. The van der Waals surface area contributed by atoms with Gasteiger partial charge in [-0.15, -0.1) is 0 Å². The minimum Gasteiger partial charge on any atom is -0.468 e. The molecule has 1 aromatic carbocycles. The zero-order valence-corrected chi connectivity index (χ0v) is 12.6. The second kappa shape index (κ2) is 7.36. The van der Waals surface area contributed by atoms with E-state index in [0.29, 0.717) is 17.8 Å². The predicted octanol–water partition coefficient (Wildman–Crippen LogP) is 2.40. The van der Waals surface area contributed by atoms with Crippen LogP contribution in [0, 0.1) is 6.92 Å². The molecule has 5 heteroatoms. The Hall–Kier alpha value is -2.69. The van der Waals surface area contributed by atoms with E-state index in [-0.39, 0.29) is 12.3 Å². The third-order valence-electron chi connectivity index (χ3n) is 3.17. The number of pyridine rings is 1. The lowest BCUT2D eigenvalue weighted by atomic mass is 10.0. The molecule has 0 aliphatic rings. The third-order valence-corrected chi connectivity index (χ3v) is 3.17. The van der Waals surface area contributed by atoms with Gasteiger partial charge in [-0.05, 0) is 24.6 Å². The van der Waals surface area contributed by atoms with Crippen LogP contribution in [0.5, 0.6) is 0 Å². The summed E-state index contributed by atoms with van der Waals surface area (Å²) in [5, 5.41) is 2.86. The summed E-state index contributed by atoms with van der Waals surface area (Å²) in [6.07, 6.45) is 0.290. The first-order valence-corrected chi connectivity index (χ1v) is 6.95. The Bertz CT molecular complexity index is 669. The van der Waals surface area contributed by atoms with E-state index in [9.17, 15) is 9.59 Å². The number of nitrogens with zero attached hydrogens (tertiary/aromatic N) is 1. The number of carbonyl (C=O) groups excluding carboxylic acids is 2. The van der Waals surface area contributed by atoms with Crippen molar-refractivity contribution in [3.8, 4) is 0 Å². The Morgan fingerprint density at radius 3 is 2.55 bits per heavy atom. The fourth-order valence-electron chi connectivity index (χ4n) is 2.02. The van der Waals surface area contributed by atoms with Gasteiger partial charge in [0.05, 0.1) is 12.7 Å². The highest BCUT2D eigenvalue weighted by molar-refractivity contribution is 6.01. The molecule has 5 nitrogen and oxygen atoms in total. The SMILES string of the molecule is COC(=O)CNc1nc(C)ccc1C(=O)Cc1ccccc1. The summed E-state index contributed by atoms with van der Waals surface area (Å²) >= 11 is 0. The van der Waals surface area contributed by atoms with E-state index in [2.05, 4.69) is 15.0 Å². The molecular formula is C17H18N2O3. The number of anilines is 1. The van der Waals surface area contributed by atoms with Crippen LogP contribution in [-0.4, -0.2) is 30.4 Å². The first-order chi connectivity index (χ1) is 10.6. The molecule has 0 saturated heterocycles. The van der Waals surface area contributed by atoms with Gasteiger partial charge in [0.1, 0.15) is 12.4 Å². The number of carbonyl (C=O) groups is 2. The van der Waals surface area contributed by atoms with E-state index in [0.717, 1.165) is 11.3 Å². The van der Waals surface area contributed by atoms with Gasteiger partial charge in [0.25, 0.3) is 0 Å². The lowest BCUT2D eigenvalue weighted by molar-refractivity contribution is -0.138. The first kappa shape index (κ1) is 15.7. The summed E-state index contributed by atoms with van der Waals surface area (Å²) in [6, 6.07) is 13.0. The summed E-state index contributed by atoms with van der Waals surface area (Å²) in [7, 11) is 1.31. The molecule has 0 radical (unpaired) electrons. The quantitative estimate of drug-likeness (QED) is 0.655. The molecule has 1 heterocycles. The highest BCUT2D eigenvalue weighted by atomic mass is 16.5. The monoisotopic (exact) mass is 298 g/mol. The van der Waals surface area contributed by atoms with Crippen molar-refractivity contribution in [1.82, 2.24) is 4.98 Å². The molecule has 1 aromatic heterocycles. The molecule has 2 rings (SSSR count). The molecule has 0 aliphatic heterocycles. The van der Waals surface area contributed by atoms with Gasteiger partial charge >= 0.3 is 5.97 Å². The van der Waals surface area contributed by atoms with Gasteiger partial charge < -0.3 is 10.1 Å². The van der Waals surface area contributed by atoms with Crippen LogP contribution >= 0.6 is 0 Å². The second-order valence-electron chi connectivity index (χ2n) is 4.86. The van der Waals surface area contributed by atoms with Crippen molar-refractivity contribution < 1.29 is 14.3 Å². The third kappa shape index (κ3) is 4.15. The van der Waals surface area contributed by atoms with Gasteiger partial charge in [0, 0.05) is 12.1 Å². The van der Waals surface area contributed by atoms with Crippen LogP contribution < -0.4 is 5.32 Å². The molecule has 0 amide bonds. The molecule has 0 spiro atoms. The van der Waals surface area contributed by atoms with E-state index in [1.807, 2.05) is 37.3 Å². The second-order valence-corrected chi connectivity index (χ2v) is 4.86. The number of aryl methyl sites for hydroxylation is 1. The number of ketones is 1. The van der Waals surface area contributed by atoms with Crippen molar-refractivity contribution in [2.75, 3.05) is 19.0 Å². The topological polar surface area (TPSA) is 68.3 Å². The molecule has 0 saturated carbocycles. The summed E-state index contributed by atoms with van der Waals surface area (Å²) in [5.41, 5.74) is 2.17. The number of nitrogens with one attached hydrogen (secondary N) is 1. The molecule has 22 heavy (non-hydrogen) atoms. The summed E-state index contributed by atoms with van der Waals surface area (Å²) < 4.78 is 4.58. The van der Waals surface area contributed by atoms with Crippen LogP contribution in [0.15, 0.2) is 42.5 Å². The molecule has 0 bridgehead atoms. The van der Waals surface area contributed by atoms with Crippen molar-refractivity contribution in [1.29, 1.82) is 0 Å². The number of aromatic nitrogens is 1. The normalized spacial score (nSPS) is 10.1. The zero-order chi connectivity index (χ0) is 15.9. The fourth-order valence-corrected chi connectivity index (χ4v) is 2.02. The minimum atomic E-state index is -0.412. The van der Waals surface area contributed by atoms with Gasteiger partial charge in [0.15, 0.2) is 5.78 Å². The molecule has 0 aliphatic carbocycles. The average Bonchev–Trinajstić information content (AvgIpc) is 2.53. The average molecular weight is 298 g/mol. The van der Waals surface area contributed by atoms with Crippen molar-refractivity contribution in [3.63, 3.8) is 0 Å². The maximum Gasteiger partial charge on any atom is 0.325 e. The number of ether oxygens (including phenoxy) is 1. The maximum atomic E-state index is 12.5. The summed E-state index contributed by atoms with van der Waals surface area (Å²) in [6.45, 7) is 1.80. The maximum absolute atomic E-state index is 12.5. The molecule has 0 fully saturated rings. The van der Waals surface area contributed by atoms with Gasteiger partial charge in [-0.2, -0.15) is 0 Å². The van der Waals surface area contributed by atoms with Crippen molar-refractivity contribution in [3.05, 3.63) is 59.3 Å². The molecule has 114 valence electrons. The van der Waals surface area contributed by atoms with Crippen LogP contribution in [0.2, 0.25) is 0 Å². The van der Waals surface area contributed by atoms with E-state index >= 15 is 0 Å². The molecule has 2 aromatic rings. The molecule has 1 N–H and O–H groups in total. The Labute approximate surface area is 129 Å². The number of benzene rings is 1. The Morgan fingerprint density at radius 1 is 1.14 bits per heavy atom. The number of esters is 1. The van der Waals surface area contributed by atoms with E-state index in [4.69, 9.17) is 0 Å². The molecule has 0 atom stereocenters. The van der Waals surface area contributed by atoms with E-state index < -0.39 is 5.97 Å². The number of Topliss-reactive ketones (excluding diaryl/α,β-unsaturated/α-hetero) is 1. The Morgan fingerprint density at radius 2 is 1.86 bits per heavy atom. The first-order valence-electron chi connectivity index (χ1n) is 6.95. The minimum absolute atomic E-state index is 0.0292. The lowest BCUT2D eigenvalue weighted by Gasteiger charge is -2.10. The van der Waals surface area contributed by atoms with Crippen LogP contribution in [-0.2, 0) is 16.0 Å². The standard InChI is InChI=1S/C17H18N2O3/c1-12-8-9-14(17(19-12)18-11-16(21)22-2)15(20)10-13-6-4-3-5-7-13/h3-9H,10-11H2,1-2H3,(H,18,19). The number of hydrogen-bond acceptors (Lipinski definition) is 5. The highest BCUT2D eigenvalue weighted by Gasteiger charge is 2.14. The van der Waals surface area contributed by atoms with Crippen LogP contribution in [0.1, 0.15) is 21.6 Å². The molecular weight excluding hydrogens is 280 g/mol. The molecule has 0 unspecified atom stereocenters. The summed E-state index contributed by atoms with van der Waals surface area (Å²) in [4.78, 5) is 28.0. The Balaban J connectivity index is 2.18. The van der Waals surface area contributed by atoms with Crippen molar-refractivity contribution in [2.45, 2.75) is 13.3 Å². The summed E-state index contributed by atoms with van der Waals surface area (Å²) in [5.74, 6) is -0.0536. The Kier molecular flexibility index (Phi) is 5.25. The number of hydrogen-bond donors (Lipinski definition) is 1. The van der Waals surface area contributed by atoms with Gasteiger partial charge in [-0.3, -0.25) is 9.59 Å². The van der Waals surface area contributed by atoms with Gasteiger partial charge in [-0.25, -0.2) is 4.98 Å². The number of methoxy groups -OCH3 is 1. The largest absolute Gasteiger partial charge is 0.468 e. The van der Waals surface area contributed by atoms with E-state index in [1.165, 1.54) is 7.11 Å². The van der Waals surface area contributed by atoms with Crippen LogP contribution in [0.4, 0.5) is 5.82 Å². The zero-order valence-electron chi connectivity index (χ0n) is 12.6. The van der Waals surface area contributed by atoms with Gasteiger partial charge in [0.2, 0.25) is 0 Å². The van der Waals surface area contributed by atoms with Crippen molar-refractivity contribution >= 4 is 17.6 Å². The van der Waals surface area contributed by atoms with Crippen LogP contribution in [0.25, 0.3) is 0 Å². The van der Waals surface area contributed by atoms with Crippen molar-refractivity contribution in [2.24, 2.45) is 0 Å². The van der Waals surface area contributed by atoms with Gasteiger partial charge in [-0.1, -0.05) is 30.3 Å². The fraction of sp³-hybridized carbons (Fsp3) is 0.235. The number of rotatable bonds is 6. The van der Waals surface area contributed by atoms with Crippen LogP contribution in [0.3, 0.4) is 0 Å². The predicted molar refractivity (Wildman–Crippen MR) is 84.0 cm³/mol. The highest BCUT2D eigenvalue weighted by Crippen LogP contribution is 2.16.